The summed E-state index contributed by atoms with van der Waals surface area (Å²) in [6.45, 7) is 1.93. The van der Waals surface area contributed by atoms with Gasteiger partial charge in [0.2, 0.25) is 0 Å². The van der Waals surface area contributed by atoms with Gasteiger partial charge in [0.25, 0.3) is 0 Å². The van der Waals surface area contributed by atoms with Crippen LogP contribution in [0.3, 0.4) is 0 Å². The van der Waals surface area contributed by atoms with Gasteiger partial charge in [0.05, 0.1) is 112 Å². The van der Waals surface area contributed by atoms with Crippen LogP contribution in [0.5, 0.6) is 0 Å². The summed E-state index contributed by atoms with van der Waals surface area (Å²) in [5, 5.41) is 61.1. The third-order valence-corrected chi connectivity index (χ3v) is 43.8. The monoisotopic (exact) mass is 1540 g/mol. The Hall–Kier alpha value is 4.37. The molecule has 12 aliphatic rings. The molecule has 39 heteroatoms. The molecular formula is C38H30CrNaO13S24. The number of hydrogen-bond acceptors (Lipinski definition) is 37. The van der Waals surface area contributed by atoms with E-state index in [1.54, 1.807) is 57.8 Å². The Morgan fingerprint density at radius 3 is 0.416 bits per heavy atom. The number of carbonyl (C=O) groups excluding carboxylic acids is 6. The fourth-order valence-corrected chi connectivity index (χ4v) is 41.4. The van der Waals surface area contributed by atoms with E-state index in [9.17, 15) is 0 Å². The predicted octanol–water partition coefficient (Wildman–Crippen LogP) is 5.32. The molecule has 77 heavy (non-hydrogen) atoms. The first-order chi connectivity index (χ1) is 36.0. The van der Waals surface area contributed by atoms with E-state index < -0.39 is 35.8 Å². The molecule has 0 unspecified atom stereocenters. The number of rotatable bonds is 0. The normalized spacial score (nSPS) is 21.6. The van der Waals surface area contributed by atoms with E-state index >= 15 is 0 Å². The standard InChI is InChI=1S/3C10H8S8.3C2H2O4.C2H6O.Cr.Na/c3*1-2-12-6-5(11-1)15-9(16-6)10-17-7-8(18-10)14-4-3-13-7;3*3-1(4)2(5)6;1-2-3;;/h3*1-4H2;3*(H,3,4)(H,5,6);3H,2H2,1H3;;/q;;;;;;;+5;+1/p-6. The minimum absolute atomic E-state index is 0. The molecule has 13 nitrogen and oxygen atoms in total. The van der Waals surface area contributed by atoms with Crippen molar-refractivity contribution in [1.29, 1.82) is 0 Å². The number of carbonyl (C=O) groups is 6. The minimum Gasteiger partial charge on any atom is -0.543 e. The maximum atomic E-state index is 8.93. The van der Waals surface area contributed by atoms with Crippen LogP contribution in [0.4, 0.5) is 0 Å². The van der Waals surface area contributed by atoms with Crippen LogP contribution < -0.4 is 60.2 Å². The van der Waals surface area contributed by atoms with Gasteiger partial charge in [-0.15, -0.1) is 141 Å². The molecule has 0 atom stereocenters. The molecule has 1 radical (unpaired) electrons. The van der Waals surface area contributed by atoms with Crippen LogP contribution in [-0.2, 0) is 46.1 Å². The Balaban J connectivity index is 0.000000209. The topological polar surface area (TPSA) is 261 Å². The van der Waals surface area contributed by atoms with Crippen LogP contribution in [0.15, 0.2) is 76.3 Å². The number of carboxylic acid groups (broad SMARTS) is 6. The van der Waals surface area contributed by atoms with Crippen LogP contribution in [0.2, 0.25) is 0 Å². The van der Waals surface area contributed by atoms with Crippen molar-refractivity contribution in [2.75, 3.05) is 75.6 Å². The maximum Gasteiger partial charge on any atom is 5.00 e. The van der Waals surface area contributed by atoms with E-state index in [0.717, 1.165) is 0 Å². The van der Waals surface area contributed by atoms with Crippen molar-refractivity contribution in [3.8, 4) is 0 Å². The summed E-state index contributed by atoms with van der Waals surface area (Å²) in [7, 11) is 0. The number of thioether (sulfide) groups is 24. The summed E-state index contributed by atoms with van der Waals surface area (Å²) in [4.78, 5) is 53.6. The van der Waals surface area contributed by atoms with E-state index in [2.05, 4.69) is 0 Å². The second-order valence-corrected chi connectivity index (χ2v) is 42.8. The molecule has 1 N–H and O–H groups in total. The summed E-state index contributed by atoms with van der Waals surface area (Å²) in [5.74, 6) is 2.23. The van der Waals surface area contributed by atoms with E-state index in [1.165, 1.54) is 94.5 Å². The molecule has 0 amide bonds. The first kappa shape index (κ1) is 73.8. The molecule has 12 aliphatic heterocycles. The zero-order chi connectivity index (χ0) is 54.0. The van der Waals surface area contributed by atoms with Gasteiger partial charge < -0.3 is 64.5 Å². The zero-order valence-electron chi connectivity index (χ0n) is 38.7. The van der Waals surface area contributed by atoms with Crippen molar-refractivity contribution in [3.63, 3.8) is 0 Å². The van der Waals surface area contributed by atoms with Gasteiger partial charge in [0.1, 0.15) is 0 Å². The van der Waals surface area contributed by atoms with Crippen molar-refractivity contribution in [1.82, 2.24) is 0 Å². The Labute approximate surface area is 579 Å². The number of hydrogen-bond donors (Lipinski definition) is 1. The maximum absolute atomic E-state index is 8.93. The molecule has 0 aliphatic carbocycles. The summed E-state index contributed by atoms with van der Waals surface area (Å²) in [6, 6.07) is 0. The van der Waals surface area contributed by atoms with Gasteiger partial charge in [-0.1, -0.05) is 141 Å². The average molecular weight is 1540 g/mol. The fraction of sp³-hybridized carbons (Fsp3) is 0.368. The van der Waals surface area contributed by atoms with Gasteiger partial charge in [-0.2, -0.15) is 0 Å². The molecule has 0 aromatic carbocycles. The zero-order valence-corrected chi connectivity index (χ0v) is 61.6. The molecule has 12 rings (SSSR count). The van der Waals surface area contributed by atoms with Gasteiger partial charge in [0, 0.05) is 75.6 Å². The van der Waals surface area contributed by atoms with E-state index in [0.29, 0.717) is 0 Å². The number of aliphatic carboxylic acids is 6. The number of aliphatic hydroxyl groups is 1. The Kier molecular flexibility index (Phi) is 37.8. The summed E-state index contributed by atoms with van der Waals surface area (Å²) in [5.41, 5.74) is 0. The third-order valence-electron chi connectivity index (χ3n) is 7.52. The van der Waals surface area contributed by atoms with Gasteiger partial charge in [-0.3, -0.25) is 0 Å². The second-order valence-electron chi connectivity index (χ2n) is 12.6. The molecule has 0 aromatic heterocycles. The fourth-order valence-electron chi connectivity index (χ4n) is 4.81. The molecule has 0 aromatic rings. The van der Waals surface area contributed by atoms with Crippen molar-refractivity contribution in [3.05, 3.63) is 76.3 Å². The molecule has 0 spiro atoms. The van der Waals surface area contributed by atoms with Crippen molar-refractivity contribution in [2.45, 2.75) is 6.92 Å². The van der Waals surface area contributed by atoms with Gasteiger partial charge in [-0.25, -0.2) is 0 Å². The molecule has 411 valence electrons. The molecule has 0 saturated carbocycles. The Morgan fingerprint density at radius 2 is 0.351 bits per heavy atom. The Morgan fingerprint density at radius 1 is 0.273 bits per heavy atom. The predicted molar refractivity (Wildman–Crippen MR) is 347 cm³/mol. The summed E-state index contributed by atoms with van der Waals surface area (Å²) < 4.78 is 27.9. The van der Waals surface area contributed by atoms with Crippen molar-refractivity contribution >= 4 is 318 Å². The first-order valence-corrected chi connectivity index (χ1v) is 41.9. The van der Waals surface area contributed by atoms with Crippen LogP contribution >= 0.6 is 282 Å². The SMILES string of the molecule is C1CSC2=C(S1)SC(=C1SC3=C(SCCS3)S1)S2.C1CSC2=C(S1)SC(=C1SC3=C(SCCS3)S1)S2.C1CSC2=C(S1)SC(=C1SC3=C(SCCS3)S1)S2.CCO.O=C([O-])C(=O)[O-].O=C([O-])C(=O)[O-].O=C([O-])C(=O)[O-].[Cr+5].[Na+]. The Bertz CT molecular complexity index is 2020. The smallest absolute Gasteiger partial charge is 0.543 e. The van der Waals surface area contributed by atoms with Crippen LogP contribution in [0.25, 0.3) is 0 Å². The molecule has 0 fully saturated rings. The molecule has 0 bridgehead atoms. The van der Waals surface area contributed by atoms with E-state index in [-0.39, 0.29) is 53.5 Å². The van der Waals surface area contributed by atoms with Crippen molar-refractivity contribution < 1.29 is 111 Å². The summed E-state index contributed by atoms with van der Waals surface area (Å²) in [6.07, 6.45) is 0. The largest absolute Gasteiger partial charge is 5.00 e. The van der Waals surface area contributed by atoms with Gasteiger partial charge in [0.15, 0.2) is 0 Å². The third kappa shape index (κ3) is 24.4. The van der Waals surface area contributed by atoms with Crippen LogP contribution in [0, 0.1) is 0 Å². The molecule has 0 saturated heterocycles. The second kappa shape index (κ2) is 39.4. The van der Waals surface area contributed by atoms with Crippen LogP contribution in [0.1, 0.15) is 6.92 Å². The molecular weight excluding hydrogens is 1510 g/mol. The number of carboxylic acids is 6. The quantitative estimate of drug-likeness (QED) is 0.238. The van der Waals surface area contributed by atoms with Crippen molar-refractivity contribution in [2.24, 2.45) is 0 Å². The summed E-state index contributed by atoms with van der Waals surface area (Å²) >= 11 is 48.7. The number of aliphatic hydroxyl groups excluding tert-OH is 1. The average Bonchev–Trinajstić information content (AvgIpc) is 4.27. The molecule has 12 heterocycles. The van der Waals surface area contributed by atoms with Gasteiger partial charge >= 0.3 is 46.9 Å². The first-order valence-electron chi connectivity index (χ1n) is 20.3. The minimum atomic E-state index is -2.19. The van der Waals surface area contributed by atoms with Gasteiger partial charge in [-0.05, 0) is 6.92 Å². The van der Waals surface area contributed by atoms with E-state index in [4.69, 9.17) is 64.5 Å². The van der Waals surface area contributed by atoms with E-state index in [1.807, 2.05) is 282 Å². The van der Waals surface area contributed by atoms with Crippen LogP contribution in [-0.4, -0.2) is 117 Å².